The average Bonchev–Trinajstić information content (AvgIpc) is 2.56. The summed E-state index contributed by atoms with van der Waals surface area (Å²) < 4.78 is 5.58. The van der Waals surface area contributed by atoms with Crippen LogP contribution in [0.1, 0.15) is 38.1 Å². The van der Waals surface area contributed by atoms with Gasteiger partial charge in [0.05, 0.1) is 17.8 Å². The Hall–Kier alpha value is -1.69. The summed E-state index contributed by atoms with van der Waals surface area (Å²) >= 11 is 0. The number of ether oxygens (including phenoxy) is 1. The lowest BCUT2D eigenvalue weighted by atomic mass is 10.2. The van der Waals surface area contributed by atoms with Crippen LogP contribution in [0.3, 0.4) is 0 Å². The maximum Gasteiger partial charge on any atom is 0.373 e. The zero-order valence-electron chi connectivity index (χ0n) is 15.3. The number of hydrogen-bond donors (Lipinski definition) is 0. The molecule has 0 heterocycles. The zero-order valence-corrected chi connectivity index (χ0v) is 16.3. The van der Waals surface area contributed by atoms with Crippen molar-refractivity contribution in [2.45, 2.75) is 45.9 Å². The van der Waals surface area contributed by atoms with Crippen LogP contribution in [0.15, 0.2) is 48.8 Å². The Morgan fingerprint density at radius 1 is 1.21 bits per heavy atom. The van der Waals surface area contributed by atoms with Crippen molar-refractivity contribution in [2.24, 2.45) is 0 Å². The van der Waals surface area contributed by atoms with Crippen LogP contribution in [-0.2, 0) is 14.5 Å². The standard InChI is InChI=1S/C19H28O4Si/c1-8-24(7,9-2)17-12-10-16(11-13-17)18(20)23-22-15(3)14-21-19(4,5)6/h8-13,15H,1-2,14H2,3-7H3. The summed E-state index contributed by atoms with van der Waals surface area (Å²) in [5, 5.41) is 1.14. The van der Waals surface area contributed by atoms with Gasteiger partial charge in [-0.2, -0.15) is 4.89 Å². The molecule has 0 amide bonds. The molecule has 0 aliphatic rings. The number of hydrogen-bond acceptors (Lipinski definition) is 4. The van der Waals surface area contributed by atoms with E-state index >= 15 is 0 Å². The predicted molar refractivity (Wildman–Crippen MR) is 99.8 cm³/mol. The minimum atomic E-state index is -1.87. The van der Waals surface area contributed by atoms with Gasteiger partial charge in [-0.05, 0) is 39.8 Å². The highest BCUT2D eigenvalue weighted by atomic mass is 28.3. The van der Waals surface area contributed by atoms with E-state index in [1.807, 2.05) is 44.3 Å². The molecule has 0 spiro atoms. The number of carbonyl (C=O) groups excluding carboxylic acids is 1. The van der Waals surface area contributed by atoms with Crippen LogP contribution in [-0.4, -0.2) is 32.4 Å². The molecule has 4 nitrogen and oxygen atoms in total. The van der Waals surface area contributed by atoms with Crippen molar-refractivity contribution < 1.29 is 19.3 Å². The van der Waals surface area contributed by atoms with Gasteiger partial charge in [0.25, 0.3) is 0 Å². The summed E-state index contributed by atoms with van der Waals surface area (Å²) in [5.74, 6) is -0.523. The van der Waals surface area contributed by atoms with Gasteiger partial charge >= 0.3 is 5.97 Å². The van der Waals surface area contributed by atoms with Gasteiger partial charge in [0, 0.05) is 0 Å². The Morgan fingerprint density at radius 2 is 1.75 bits per heavy atom. The quantitative estimate of drug-likeness (QED) is 0.408. The van der Waals surface area contributed by atoms with E-state index in [0.717, 1.165) is 5.19 Å². The fourth-order valence-corrected chi connectivity index (χ4v) is 3.38. The summed E-state index contributed by atoms with van der Waals surface area (Å²) in [6.45, 7) is 17.9. The zero-order chi connectivity index (χ0) is 18.4. The topological polar surface area (TPSA) is 44.8 Å². The molecule has 1 rings (SSSR count). The van der Waals surface area contributed by atoms with Crippen molar-refractivity contribution in [3.8, 4) is 0 Å². The van der Waals surface area contributed by atoms with Gasteiger partial charge in [-0.3, -0.25) is 4.89 Å². The van der Waals surface area contributed by atoms with Crippen LogP contribution in [0.25, 0.3) is 0 Å². The van der Waals surface area contributed by atoms with Crippen molar-refractivity contribution in [3.63, 3.8) is 0 Å². The highest BCUT2D eigenvalue weighted by molar-refractivity contribution is 6.98. The Labute approximate surface area is 146 Å². The smallest absolute Gasteiger partial charge is 0.373 e. The highest BCUT2D eigenvalue weighted by Gasteiger charge is 2.22. The van der Waals surface area contributed by atoms with E-state index in [1.54, 1.807) is 19.1 Å². The molecule has 132 valence electrons. The molecule has 1 aromatic rings. The van der Waals surface area contributed by atoms with Crippen LogP contribution in [0, 0.1) is 0 Å². The summed E-state index contributed by atoms with van der Waals surface area (Å²) in [6.07, 6.45) is -0.343. The van der Waals surface area contributed by atoms with Crippen LogP contribution in [0.4, 0.5) is 0 Å². The number of benzene rings is 1. The van der Waals surface area contributed by atoms with Crippen molar-refractivity contribution in [2.75, 3.05) is 6.61 Å². The molecule has 0 aliphatic heterocycles. The van der Waals surface area contributed by atoms with Gasteiger partial charge in [-0.25, -0.2) is 4.79 Å². The van der Waals surface area contributed by atoms with E-state index in [4.69, 9.17) is 14.5 Å². The van der Waals surface area contributed by atoms with Crippen LogP contribution in [0.5, 0.6) is 0 Å². The summed E-state index contributed by atoms with van der Waals surface area (Å²) in [7, 11) is -1.87. The maximum atomic E-state index is 12.0. The molecule has 0 aliphatic carbocycles. The highest BCUT2D eigenvalue weighted by Crippen LogP contribution is 2.11. The van der Waals surface area contributed by atoms with Crippen molar-refractivity contribution in [3.05, 3.63) is 54.4 Å². The molecule has 1 aromatic carbocycles. The molecule has 0 fully saturated rings. The molecule has 0 saturated heterocycles. The fraction of sp³-hybridized carbons (Fsp3) is 0.421. The lowest BCUT2D eigenvalue weighted by Crippen LogP contribution is -2.40. The van der Waals surface area contributed by atoms with Gasteiger partial charge < -0.3 is 4.74 Å². The first kappa shape index (κ1) is 20.4. The van der Waals surface area contributed by atoms with E-state index in [-0.39, 0.29) is 11.7 Å². The van der Waals surface area contributed by atoms with E-state index in [2.05, 4.69) is 19.7 Å². The van der Waals surface area contributed by atoms with Crippen molar-refractivity contribution >= 4 is 19.2 Å². The van der Waals surface area contributed by atoms with E-state index in [9.17, 15) is 4.79 Å². The Morgan fingerprint density at radius 3 is 2.21 bits per heavy atom. The lowest BCUT2D eigenvalue weighted by molar-refractivity contribution is -0.282. The SMILES string of the molecule is C=C[Si](C)(C=C)c1ccc(C(=O)OOC(C)COC(C)(C)C)cc1. The van der Waals surface area contributed by atoms with Crippen molar-refractivity contribution in [1.82, 2.24) is 0 Å². The Kier molecular flexibility index (Phi) is 7.14. The van der Waals surface area contributed by atoms with E-state index in [0.29, 0.717) is 12.2 Å². The third kappa shape index (κ3) is 6.07. The molecular weight excluding hydrogens is 320 g/mol. The van der Waals surface area contributed by atoms with Gasteiger partial charge in [-0.1, -0.05) is 35.3 Å². The fourth-order valence-electron chi connectivity index (χ4n) is 1.85. The van der Waals surface area contributed by atoms with Crippen molar-refractivity contribution in [1.29, 1.82) is 0 Å². The van der Waals surface area contributed by atoms with E-state index < -0.39 is 14.0 Å². The van der Waals surface area contributed by atoms with E-state index in [1.165, 1.54) is 0 Å². The van der Waals surface area contributed by atoms with Gasteiger partial charge in [-0.15, -0.1) is 13.2 Å². The molecule has 0 bridgehead atoms. The minimum absolute atomic E-state index is 0.260. The summed E-state index contributed by atoms with van der Waals surface area (Å²) in [6, 6.07) is 7.29. The molecule has 1 atom stereocenters. The minimum Gasteiger partial charge on any atom is -0.373 e. The lowest BCUT2D eigenvalue weighted by Gasteiger charge is -2.21. The normalized spacial score (nSPS) is 13.2. The molecule has 1 unspecified atom stereocenters. The first-order valence-electron chi connectivity index (χ1n) is 8.00. The largest absolute Gasteiger partial charge is 0.373 e. The average molecular weight is 349 g/mol. The second-order valence-electron chi connectivity index (χ2n) is 6.97. The molecule has 0 saturated carbocycles. The third-order valence-electron chi connectivity index (χ3n) is 3.63. The molecular formula is C19H28O4Si. The monoisotopic (exact) mass is 348 g/mol. The first-order valence-corrected chi connectivity index (χ1v) is 10.7. The van der Waals surface area contributed by atoms with Gasteiger partial charge in [0.15, 0.2) is 0 Å². The summed E-state index contributed by atoms with van der Waals surface area (Å²) in [4.78, 5) is 22.0. The third-order valence-corrected chi connectivity index (χ3v) is 6.90. The number of rotatable bonds is 8. The predicted octanol–water partition coefficient (Wildman–Crippen LogP) is 3.71. The van der Waals surface area contributed by atoms with Crippen LogP contribution >= 0.6 is 0 Å². The Bertz CT molecular complexity index is 564. The van der Waals surface area contributed by atoms with Crippen LogP contribution in [0.2, 0.25) is 6.55 Å². The van der Waals surface area contributed by atoms with Gasteiger partial charge in [0.2, 0.25) is 0 Å². The molecule has 0 radical (unpaired) electrons. The second-order valence-corrected chi connectivity index (χ2v) is 10.9. The molecule has 0 N–H and O–H groups in total. The first-order chi connectivity index (χ1) is 11.1. The van der Waals surface area contributed by atoms with Crippen LogP contribution < -0.4 is 5.19 Å². The molecule has 5 heteroatoms. The Balaban J connectivity index is 2.60. The second kappa shape index (κ2) is 8.42. The summed E-state index contributed by atoms with van der Waals surface area (Å²) in [5.41, 5.74) is 4.08. The number of carbonyl (C=O) groups is 1. The molecule has 0 aromatic heterocycles. The molecule has 24 heavy (non-hydrogen) atoms. The van der Waals surface area contributed by atoms with Gasteiger partial charge in [0.1, 0.15) is 14.2 Å². The maximum absolute atomic E-state index is 12.0.